The number of carbonyl (C=O) groups excluding carboxylic acids is 2. The van der Waals surface area contributed by atoms with E-state index in [0.29, 0.717) is 18.7 Å². The van der Waals surface area contributed by atoms with Gasteiger partial charge in [-0.1, -0.05) is 26.8 Å². The Morgan fingerprint density at radius 1 is 1.00 bits per heavy atom. The van der Waals surface area contributed by atoms with Crippen molar-refractivity contribution in [2.45, 2.75) is 58.0 Å². The number of Topliss-reactive ketones (excluding diaryl/α,β-unsaturated/α-hetero) is 1. The minimum atomic E-state index is -0.128. The predicted molar refractivity (Wildman–Crippen MR) is 126 cm³/mol. The summed E-state index contributed by atoms with van der Waals surface area (Å²) >= 11 is 0. The second kappa shape index (κ2) is 8.07. The van der Waals surface area contributed by atoms with Gasteiger partial charge in [0.25, 0.3) is 5.91 Å². The predicted octanol–water partition coefficient (Wildman–Crippen LogP) is 4.07. The van der Waals surface area contributed by atoms with Gasteiger partial charge >= 0.3 is 0 Å². The maximum Gasteiger partial charge on any atom is 0.253 e. The number of likely N-dealkylation sites (tertiary alicyclic amines) is 1. The van der Waals surface area contributed by atoms with Crippen LogP contribution < -0.4 is 4.74 Å². The third-order valence-electron chi connectivity index (χ3n) is 7.34. The molecule has 0 N–H and O–H groups in total. The molecule has 0 bridgehead atoms. The molecule has 1 aromatic carbocycles. The van der Waals surface area contributed by atoms with E-state index in [2.05, 4.69) is 43.4 Å². The van der Waals surface area contributed by atoms with E-state index < -0.39 is 0 Å². The summed E-state index contributed by atoms with van der Waals surface area (Å²) in [6.45, 7) is 11.2. The number of rotatable bonds is 3. The quantitative estimate of drug-likeness (QED) is 0.679. The molecular formula is C26H35N3O3. The summed E-state index contributed by atoms with van der Waals surface area (Å²) in [7, 11) is 3.82. The number of aromatic nitrogens is 1. The second-order valence-electron chi connectivity index (χ2n) is 10.2. The van der Waals surface area contributed by atoms with Gasteiger partial charge < -0.3 is 14.2 Å². The Morgan fingerprint density at radius 2 is 1.69 bits per heavy atom. The van der Waals surface area contributed by atoms with Crippen LogP contribution in [0.3, 0.4) is 0 Å². The number of nitrogens with zero attached hydrogens (tertiary/aromatic N) is 3. The van der Waals surface area contributed by atoms with Crippen molar-refractivity contribution in [3.63, 3.8) is 0 Å². The standard InChI is InChI=1S/C26H35N3O3/c1-18(30)21-9-10-23-26(27(5)15-16-29(21)23)11-13-28(14-12-26)24(31)19-7-8-20(25(2,3)4)22(17-19)32-6/h7-10,17H,11-16H2,1-6H3. The van der Waals surface area contributed by atoms with Gasteiger partial charge in [0, 0.05) is 44.4 Å². The van der Waals surface area contributed by atoms with Crippen molar-refractivity contribution in [2.75, 3.05) is 33.8 Å². The average Bonchev–Trinajstić information content (AvgIpc) is 3.21. The number of fused-ring (bicyclic) bond motifs is 2. The molecule has 0 unspecified atom stereocenters. The number of piperidine rings is 1. The average molecular weight is 438 g/mol. The molecule has 4 rings (SSSR count). The summed E-state index contributed by atoms with van der Waals surface area (Å²) in [5.41, 5.74) is 3.59. The lowest BCUT2D eigenvalue weighted by Crippen LogP contribution is -2.56. The molecule has 2 aliphatic rings. The van der Waals surface area contributed by atoms with Gasteiger partial charge in [0.2, 0.25) is 0 Å². The molecule has 172 valence electrons. The Bertz CT molecular complexity index is 1040. The van der Waals surface area contributed by atoms with Crippen molar-refractivity contribution in [3.05, 3.63) is 52.8 Å². The molecule has 1 amide bonds. The fourth-order valence-corrected chi connectivity index (χ4v) is 5.43. The van der Waals surface area contributed by atoms with Crippen LogP contribution in [0.2, 0.25) is 0 Å². The Balaban J connectivity index is 1.56. The van der Waals surface area contributed by atoms with Gasteiger partial charge in [0.1, 0.15) is 5.75 Å². The normalized spacial score (nSPS) is 18.5. The number of benzene rings is 1. The third-order valence-corrected chi connectivity index (χ3v) is 7.34. The topological polar surface area (TPSA) is 54.8 Å². The molecule has 1 saturated heterocycles. The summed E-state index contributed by atoms with van der Waals surface area (Å²) in [6, 6.07) is 9.89. The minimum absolute atomic E-state index is 0.0520. The molecular weight excluding hydrogens is 402 g/mol. The Labute approximate surface area is 191 Å². The maximum absolute atomic E-state index is 13.3. The van der Waals surface area contributed by atoms with Crippen LogP contribution in [0.1, 0.15) is 72.6 Å². The van der Waals surface area contributed by atoms with Gasteiger partial charge in [-0.15, -0.1) is 0 Å². The number of methoxy groups -OCH3 is 1. The first-order valence-electron chi connectivity index (χ1n) is 11.5. The molecule has 6 nitrogen and oxygen atoms in total. The number of ketones is 1. The number of likely N-dealkylation sites (N-methyl/N-ethyl adjacent to an activating group) is 1. The number of hydrogen-bond donors (Lipinski definition) is 0. The van der Waals surface area contributed by atoms with Crippen LogP contribution in [0, 0.1) is 0 Å². The van der Waals surface area contributed by atoms with Crippen LogP contribution >= 0.6 is 0 Å². The van der Waals surface area contributed by atoms with E-state index in [0.717, 1.165) is 42.9 Å². The minimum Gasteiger partial charge on any atom is -0.496 e. The van der Waals surface area contributed by atoms with Gasteiger partial charge in [0.15, 0.2) is 5.78 Å². The smallest absolute Gasteiger partial charge is 0.253 e. The second-order valence-corrected chi connectivity index (χ2v) is 10.2. The molecule has 1 fully saturated rings. The molecule has 1 spiro atoms. The van der Waals surface area contributed by atoms with Crippen molar-refractivity contribution in [1.29, 1.82) is 0 Å². The van der Waals surface area contributed by atoms with Crippen molar-refractivity contribution in [1.82, 2.24) is 14.4 Å². The van der Waals surface area contributed by atoms with E-state index >= 15 is 0 Å². The third kappa shape index (κ3) is 3.64. The zero-order chi connectivity index (χ0) is 23.3. The van der Waals surface area contributed by atoms with E-state index in [1.165, 1.54) is 5.69 Å². The highest BCUT2D eigenvalue weighted by atomic mass is 16.5. The van der Waals surface area contributed by atoms with Crippen molar-refractivity contribution in [3.8, 4) is 5.75 Å². The molecule has 0 radical (unpaired) electrons. The lowest BCUT2D eigenvalue weighted by atomic mass is 9.81. The number of hydrogen-bond acceptors (Lipinski definition) is 4. The molecule has 1 aromatic heterocycles. The lowest BCUT2D eigenvalue weighted by molar-refractivity contribution is 0.0128. The van der Waals surface area contributed by atoms with Gasteiger partial charge in [-0.25, -0.2) is 0 Å². The highest BCUT2D eigenvalue weighted by Crippen LogP contribution is 2.42. The van der Waals surface area contributed by atoms with E-state index in [-0.39, 0.29) is 22.6 Å². The fourth-order valence-electron chi connectivity index (χ4n) is 5.43. The van der Waals surface area contributed by atoms with Crippen LogP contribution in [0.4, 0.5) is 0 Å². The molecule has 0 atom stereocenters. The summed E-state index contributed by atoms with van der Waals surface area (Å²) in [5, 5.41) is 0. The van der Waals surface area contributed by atoms with Crippen molar-refractivity contribution in [2.24, 2.45) is 0 Å². The van der Waals surface area contributed by atoms with Gasteiger partial charge in [-0.3, -0.25) is 14.5 Å². The summed E-state index contributed by atoms with van der Waals surface area (Å²) in [5.74, 6) is 0.923. The first-order chi connectivity index (χ1) is 15.1. The Morgan fingerprint density at radius 3 is 2.28 bits per heavy atom. The lowest BCUT2D eigenvalue weighted by Gasteiger charge is -2.50. The highest BCUT2D eigenvalue weighted by molar-refractivity contribution is 5.95. The zero-order valence-corrected chi connectivity index (χ0v) is 20.2. The molecule has 0 aliphatic carbocycles. The van der Waals surface area contributed by atoms with Crippen LogP contribution in [0.15, 0.2) is 30.3 Å². The number of carbonyl (C=O) groups is 2. The van der Waals surface area contributed by atoms with Gasteiger partial charge in [-0.05, 0) is 55.1 Å². The van der Waals surface area contributed by atoms with E-state index in [1.54, 1.807) is 14.0 Å². The first-order valence-corrected chi connectivity index (χ1v) is 11.5. The Hall–Kier alpha value is -2.60. The summed E-state index contributed by atoms with van der Waals surface area (Å²) in [6.07, 6.45) is 1.71. The fraction of sp³-hybridized carbons (Fsp3) is 0.538. The summed E-state index contributed by atoms with van der Waals surface area (Å²) in [4.78, 5) is 29.8. The van der Waals surface area contributed by atoms with Gasteiger partial charge in [0.05, 0.1) is 18.3 Å². The number of ether oxygens (including phenoxy) is 1. The Kier molecular flexibility index (Phi) is 5.70. The summed E-state index contributed by atoms with van der Waals surface area (Å²) < 4.78 is 7.80. The van der Waals surface area contributed by atoms with E-state index in [4.69, 9.17) is 4.74 Å². The van der Waals surface area contributed by atoms with Crippen LogP contribution in [-0.4, -0.2) is 59.8 Å². The maximum atomic E-state index is 13.3. The molecule has 2 aliphatic heterocycles. The van der Waals surface area contributed by atoms with E-state index in [1.807, 2.05) is 29.2 Å². The number of amides is 1. The molecule has 0 saturated carbocycles. The monoisotopic (exact) mass is 437 g/mol. The van der Waals surface area contributed by atoms with Gasteiger partial charge in [-0.2, -0.15) is 0 Å². The molecule has 2 aromatic rings. The largest absolute Gasteiger partial charge is 0.496 e. The zero-order valence-electron chi connectivity index (χ0n) is 20.2. The molecule has 6 heteroatoms. The van der Waals surface area contributed by atoms with Crippen LogP contribution in [0.5, 0.6) is 5.75 Å². The van der Waals surface area contributed by atoms with E-state index in [9.17, 15) is 9.59 Å². The molecule has 32 heavy (non-hydrogen) atoms. The van der Waals surface area contributed by atoms with Crippen LogP contribution in [0.25, 0.3) is 0 Å². The van der Waals surface area contributed by atoms with Crippen molar-refractivity contribution >= 4 is 11.7 Å². The van der Waals surface area contributed by atoms with Crippen molar-refractivity contribution < 1.29 is 14.3 Å². The first kappa shape index (κ1) is 22.6. The highest BCUT2D eigenvalue weighted by Gasteiger charge is 2.45. The SMILES string of the molecule is COc1cc(C(=O)N2CCC3(CC2)c2ccc(C(C)=O)n2CCN3C)ccc1C(C)(C)C. The molecule has 3 heterocycles. The van der Waals surface area contributed by atoms with Crippen LogP contribution in [-0.2, 0) is 17.5 Å².